The van der Waals surface area contributed by atoms with E-state index >= 15 is 0 Å². The number of carbonyl (C=O) groups is 1. The van der Waals surface area contributed by atoms with Crippen molar-refractivity contribution in [1.29, 1.82) is 0 Å². The van der Waals surface area contributed by atoms with Crippen LogP contribution >= 0.6 is 11.3 Å². The molecule has 20 heavy (non-hydrogen) atoms. The number of nitrogens with one attached hydrogen (secondary N) is 1. The van der Waals surface area contributed by atoms with Gasteiger partial charge in [-0.15, -0.1) is 11.3 Å². The molecule has 2 aromatic rings. The lowest BCUT2D eigenvalue weighted by Crippen LogP contribution is -2.38. The van der Waals surface area contributed by atoms with Crippen LogP contribution < -0.4 is 5.32 Å². The van der Waals surface area contributed by atoms with Crippen LogP contribution in [0.2, 0.25) is 0 Å². The Bertz CT molecular complexity index is 583. The second kappa shape index (κ2) is 5.77. The van der Waals surface area contributed by atoms with E-state index in [0.717, 1.165) is 16.0 Å². The second-order valence-electron chi connectivity index (χ2n) is 5.17. The molecule has 2 N–H and O–H groups in total. The van der Waals surface area contributed by atoms with Gasteiger partial charge in [-0.3, -0.25) is 4.79 Å². The number of aryl methyl sites for hydroxylation is 2. The van der Waals surface area contributed by atoms with Gasteiger partial charge < -0.3 is 10.4 Å². The maximum Gasteiger partial charge on any atom is 0.261 e. The number of hydrogen-bond acceptors (Lipinski definition) is 3. The molecule has 106 valence electrons. The van der Waals surface area contributed by atoms with Crippen molar-refractivity contribution in [1.82, 2.24) is 5.32 Å². The van der Waals surface area contributed by atoms with Gasteiger partial charge in [0.2, 0.25) is 0 Å². The number of hydrogen-bond donors (Lipinski definition) is 2. The lowest BCUT2D eigenvalue weighted by molar-refractivity contribution is 0.0527. The Labute approximate surface area is 123 Å². The van der Waals surface area contributed by atoms with Crippen LogP contribution in [-0.2, 0) is 5.60 Å². The van der Waals surface area contributed by atoms with E-state index in [0.29, 0.717) is 4.88 Å². The first kappa shape index (κ1) is 14.8. The van der Waals surface area contributed by atoms with E-state index in [-0.39, 0.29) is 12.5 Å². The topological polar surface area (TPSA) is 49.3 Å². The molecule has 0 saturated heterocycles. The summed E-state index contributed by atoms with van der Waals surface area (Å²) in [7, 11) is 0. The van der Waals surface area contributed by atoms with Gasteiger partial charge in [-0.2, -0.15) is 0 Å². The second-order valence-corrected chi connectivity index (χ2v) is 6.43. The largest absolute Gasteiger partial charge is 0.384 e. The fourth-order valence-corrected chi connectivity index (χ4v) is 2.87. The van der Waals surface area contributed by atoms with Crippen LogP contribution in [0.5, 0.6) is 0 Å². The van der Waals surface area contributed by atoms with Gasteiger partial charge in [0.25, 0.3) is 5.91 Å². The Balaban J connectivity index is 2.03. The molecule has 3 nitrogen and oxygen atoms in total. The van der Waals surface area contributed by atoms with Crippen LogP contribution in [0.4, 0.5) is 0 Å². The standard InChI is InChI=1S/C16H19NO2S/c1-11-9-14(20-12(11)2)15(18)17-10-16(3,19)13-7-5-4-6-8-13/h4-9,19H,10H2,1-3H3,(H,17,18). The number of aliphatic hydroxyl groups is 1. The first-order chi connectivity index (χ1) is 9.40. The highest BCUT2D eigenvalue weighted by Gasteiger charge is 2.24. The summed E-state index contributed by atoms with van der Waals surface area (Å²) >= 11 is 1.48. The van der Waals surface area contributed by atoms with Gasteiger partial charge in [-0.05, 0) is 38.0 Å². The predicted octanol–water partition coefficient (Wildman–Crippen LogP) is 3.00. The molecule has 4 heteroatoms. The zero-order chi connectivity index (χ0) is 14.8. The average molecular weight is 289 g/mol. The van der Waals surface area contributed by atoms with Gasteiger partial charge >= 0.3 is 0 Å². The van der Waals surface area contributed by atoms with Crippen molar-refractivity contribution in [2.24, 2.45) is 0 Å². The molecule has 1 amide bonds. The molecular weight excluding hydrogens is 270 g/mol. The molecule has 0 aliphatic heterocycles. The SMILES string of the molecule is Cc1cc(C(=O)NCC(C)(O)c2ccccc2)sc1C. The van der Waals surface area contributed by atoms with Crippen molar-refractivity contribution < 1.29 is 9.90 Å². The van der Waals surface area contributed by atoms with E-state index < -0.39 is 5.60 Å². The van der Waals surface area contributed by atoms with E-state index in [1.54, 1.807) is 6.92 Å². The van der Waals surface area contributed by atoms with Crippen molar-refractivity contribution in [3.05, 3.63) is 57.3 Å². The highest BCUT2D eigenvalue weighted by molar-refractivity contribution is 7.14. The molecule has 1 unspecified atom stereocenters. The molecule has 1 heterocycles. The Morgan fingerprint density at radius 1 is 1.30 bits per heavy atom. The highest BCUT2D eigenvalue weighted by atomic mass is 32.1. The minimum absolute atomic E-state index is 0.137. The van der Waals surface area contributed by atoms with Crippen molar-refractivity contribution in [2.45, 2.75) is 26.4 Å². The van der Waals surface area contributed by atoms with E-state index in [9.17, 15) is 9.90 Å². The molecule has 1 aromatic heterocycles. The maximum absolute atomic E-state index is 12.1. The Morgan fingerprint density at radius 2 is 1.95 bits per heavy atom. The maximum atomic E-state index is 12.1. The van der Waals surface area contributed by atoms with E-state index in [1.807, 2.05) is 50.2 Å². The first-order valence-corrected chi connectivity index (χ1v) is 7.35. The summed E-state index contributed by atoms with van der Waals surface area (Å²) in [4.78, 5) is 13.9. The fraction of sp³-hybridized carbons (Fsp3) is 0.312. The quantitative estimate of drug-likeness (QED) is 0.909. The van der Waals surface area contributed by atoms with Gasteiger partial charge in [-0.25, -0.2) is 0 Å². The third-order valence-electron chi connectivity index (χ3n) is 3.38. The summed E-state index contributed by atoms with van der Waals surface area (Å²) in [5.41, 5.74) is 0.840. The molecular formula is C16H19NO2S. The smallest absolute Gasteiger partial charge is 0.261 e. The molecule has 1 atom stereocenters. The number of rotatable bonds is 4. The zero-order valence-electron chi connectivity index (χ0n) is 11.9. The lowest BCUT2D eigenvalue weighted by atomic mass is 9.96. The van der Waals surface area contributed by atoms with E-state index in [4.69, 9.17) is 0 Å². The summed E-state index contributed by atoms with van der Waals surface area (Å²) in [6.45, 7) is 5.87. The molecule has 2 rings (SSSR count). The predicted molar refractivity (Wildman–Crippen MR) is 82.1 cm³/mol. The number of benzene rings is 1. The number of thiophene rings is 1. The van der Waals surface area contributed by atoms with Gasteiger partial charge in [0.1, 0.15) is 5.60 Å². The highest BCUT2D eigenvalue weighted by Crippen LogP contribution is 2.22. The molecule has 0 bridgehead atoms. The third kappa shape index (κ3) is 3.26. The Kier molecular flexibility index (Phi) is 4.26. The van der Waals surface area contributed by atoms with Gasteiger partial charge in [0.05, 0.1) is 11.4 Å². The van der Waals surface area contributed by atoms with Crippen LogP contribution in [0, 0.1) is 13.8 Å². The van der Waals surface area contributed by atoms with E-state index in [1.165, 1.54) is 11.3 Å². The zero-order valence-corrected chi connectivity index (χ0v) is 12.8. The van der Waals surface area contributed by atoms with Crippen LogP contribution in [0.25, 0.3) is 0 Å². The monoisotopic (exact) mass is 289 g/mol. The van der Waals surface area contributed by atoms with Crippen molar-refractivity contribution in [3.63, 3.8) is 0 Å². The van der Waals surface area contributed by atoms with Crippen molar-refractivity contribution >= 4 is 17.2 Å². The molecule has 1 aromatic carbocycles. The van der Waals surface area contributed by atoms with E-state index in [2.05, 4.69) is 5.32 Å². The van der Waals surface area contributed by atoms with Crippen LogP contribution in [0.3, 0.4) is 0 Å². The summed E-state index contributed by atoms with van der Waals surface area (Å²) in [5, 5.41) is 13.2. The van der Waals surface area contributed by atoms with Gasteiger partial charge in [0, 0.05) is 4.88 Å². The number of carbonyl (C=O) groups excluding carboxylic acids is 1. The van der Waals surface area contributed by atoms with Gasteiger partial charge in [0.15, 0.2) is 0 Å². The number of amides is 1. The van der Waals surface area contributed by atoms with Crippen LogP contribution in [-0.4, -0.2) is 17.6 Å². The molecule has 0 fully saturated rings. The molecule has 0 saturated carbocycles. The Morgan fingerprint density at radius 3 is 2.50 bits per heavy atom. The average Bonchev–Trinajstić information content (AvgIpc) is 2.77. The molecule has 0 aliphatic carbocycles. The summed E-state index contributed by atoms with van der Waals surface area (Å²) < 4.78 is 0. The minimum atomic E-state index is -1.07. The fourth-order valence-electron chi connectivity index (χ4n) is 1.92. The normalized spacial score (nSPS) is 13.8. The first-order valence-electron chi connectivity index (χ1n) is 6.53. The lowest BCUT2D eigenvalue weighted by Gasteiger charge is -2.24. The summed E-state index contributed by atoms with van der Waals surface area (Å²) in [6, 6.07) is 11.2. The van der Waals surface area contributed by atoms with Crippen LogP contribution in [0.1, 0.15) is 32.6 Å². The third-order valence-corrected chi connectivity index (χ3v) is 4.53. The van der Waals surface area contributed by atoms with Crippen molar-refractivity contribution in [2.75, 3.05) is 6.54 Å². The minimum Gasteiger partial charge on any atom is -0.384 e. The summed E-state index contributed by atoms with van der Waals surface area (Å²) in [6.07, 6.45) is 0. The molecule has 0 radical (unpaired) electrons. The Hall–Kier alpha value is -1.65. The van der Waals surface area contributed by atoms with Crippen LogP contribution in [0.15, 0.2) is 36.4 Å². The van der Waals surface area contributed by atoms with Gasteiger partial charge in [-0.1, -0.05) is 30.3 Å². The molecule has 0 spiro atoms. The summed E-state index contributed by atoms with van der Waals surface area (Å²) in [5.74, 6) is -0.137. The molecule has 0 aliphatic rings. The van der Waals surface area contributed by atoms with Crippen molar-refractivity contribution in [3.8, 4) is 0 Å².